The van der Waals surface area contributed by atoms with Crippen molar-refractivity contribution in [3.8, 4) is 0 Å². The van der Waals surface area contributed by atoms with Crippen molar-refractivity contribution in [1.29, 1.82) is 0 Å². The number of nitrogens with zero attached hydrogens (tertiary/aromatic N) is 4. The third-order valence-corrected chi connectivity index (χ3v) is 3.08. The van der Waals surface area contributed by atoms with E-state index in [0.717, 1.165) is 0 Å². The molecule has 0 saturated carbocycles. The van der Waals surface area contributed by atoms with Crippen molar-refractivity contribution in [2.45, 2.75) is 19.6 Å². The van der Waals surface area contributed by atoms with Gasteiger partial charge in [-0.25, -0.2) is 14.5 Å². The van der Waals surface area contributed by atoms with Crippen LogP contribution >= 0.6 is 11.3 Å². The minimum atomic E-state index is -4.84. The quantitative estimate of drug-likeness (QED) is 0.933. The van der Waals surface area contributed by atoms with Gasteiger partial charge in [-0.3, -0.25) is 0 Å². The summed E-state index contributed by atoms with van der Waals surface area (Å²) >= 11 is 1.21. The fraction of sp³-hybridized carbons (Fsp3) is 0.333. The van der Waals surface area contributed by atoms with Gasteiger partial charge < -0.3 is 5.11 Å². The van der Waals surface area contributed by atoms with Crippen LogP contribution in [0.5, 0.6) is 0 Å². The largest absolute Gasteiger partial charge is 0.476 e. The molecule has 0 amide bonds. The van der Waals surface area contributed by atoms with Crippen molar-refractivity contribution in [2.75, 3.05) is 0 Å². The first kappa shape index (κ1) is 13.5. The van der Waals surface area contributed by atoms with Gasteiger partial charge in [0.15, 0.2) is 5.69 Å². The number of carbonyl (C=O) groups is 1. The minimum absolute atomic E-state index is 0.222. The van der Waals surface area contributed by atoms with E-state index in [1.165, 1.54) is 17.5 Å². The molecule has 0 spiro atoms. The van der Waals surface area contributed by atoms with Gasteiger partial charge in [-0.1, -0.05) is 5.21 Å². The smallest absolute Gasteiger partial charge is 0.435 e. The molecule has 6 nitrogen and oxygen atoms in total. The highest BCUT2D eigenvalue weighted by atomic mass is 32.1. The van der Waals surface area contributed by atoms with Crippen LogP contribution in [0, 0.1) is 6.92 Å². The molecule has 102 valence electrons. The van der Waals surface area contributed by atoms with Crippen molar-refractivity contribution in [2.24, 2.45) is 0 Å². The van der Waals surface area contributed by atoms with Crippen LogP contribution < -0.4 is 0 Å². The highest BCUT2D eigenvalue weighted by Gasteiger charge is 2.41. The zero-order chi connectivity index (χ0) is 14.2. The van der Waals surface area contributed by atoms with E-state index in [9.17, 15) is 18.0 Å². The second kappa shape index (κ2) is 4.61. The Labute approximate surface area is 108 Å². The van der Waals surface area contributed by atoms with Gasteiger partial charge in [0.1, 0.15) is 0 Å². The van der Waals surface area contributed by atoms with Crippen LogP contribution in [0.3, 0.4) is 0 Å². The van der Waals surface area contributed by atoms with E-state index in [0.29, 0.717) is 14.6 Å². The zero-order valence-corrected chi connectivity index (χ0v) is 10.3. The van der Waals surface area contributed by atoms with Crippen LogP contribution in [0.15, 0.2) is 6.20 Å². The molecule has 2 heterocycles. The Balaban J connectivity index is 2.43. The molecule has 0 atom stereocenters. The standard InChI is InChI=1S/C9H7F3N4O2S/c1-4-13-2-5(19-4)3-16-7(9(10,11)12)6(8(17)18)14-15-16/h2H,3H2,1H3,(H,17,18). The van der Waals surface area contributed by atoms with E-state index in [2.05, 4.69) is 15.3 Å². The first-order valence-electron chi connectivity index (χ1n) is 4.94. The average Bonchev–Trinajstić information content (AvgIpc) is 2.84. The summed E-state index contributed by atoms with van der Waals surface area (Å²) in [6, 6.07) is 0. The van der Waals surface area contributed by atoms with Gasteiger partial charge in [0.2, 0.25) is 5.69 Å². The maximum absolute atomic E-state index is 12.8. The molecule has 0 aliphatic carbocycles. The number of hydrogen-bond donors (Lipinski definition) is 1. The predicted molar refractivity (Wildman–Crippen MR) is 57.9 cm³/mol. The van der Waals surface area contributed by atoms with Gasteiger partial charge in [-0.2, -0.15) is 13.2 Å². The maximum atomic E-state index is 12.8. The van der Waals surface area contributed by atoms with Gasteiger partial charge in [-0.15, -0.1) is 16.4 Å². The second-order valence-electron chi connectivity index (χ2n) is 3.59. The van der Waals surface area contributed by atoms with E-state index >= 15 is 0 Å². The van der Waals surface area contributed by atoms with Crippen molar-refractivity contribution < 1.29 is 23.1 Å². The molecule has 19 heavy (non-hydrogen) atoms. The summed E-state index contributed by atoms with van der Waals surface area (Å²) in [6.45, 7) is 1.49. The molecule has 2 rings (SSSR count). The van der Waals surface area contributed by atoms with Crippen LogP contribution in [0.4, 0.5) is 13.2 Å². The number of halogens is 3. The molecule has 0 radical (unpaired) electrons. The van der Waals surface area contributed by atoms with Gasteiger partial charge >= 0.3 is 12.1 Å². The van der Waals surface area contributed by atoms with E-state index in [1.54, 1.807) is 6.92 Å². The molecule has 2 aromatic rings. The number of carboxylic acids is 1. The van der Waals surface area contributed by atoms with Crippen molar-refractivity contribution in [3.63, 3.8) is 0 Å². The predicted octanol–water partition coefficient (Wildman–Crippen LogP) is 1.81. The normalized spacial score (nSPS) is 11.8. The summed E-state index contributed by atoms with van der Waals surface area (Å²) in [5, 5.41) is 15.7. The van der Waals surface area contributed by atoms with E-state index in [1.807, 2.05) is 0 Å². The maximum Gasteiger partial charge on any atom is 0.435 e. The molecule has 0 aliphatic heterocycles. The number of thiazole rings is 1. The number of aryl methyl sites for hydroxylation is 1. The molecule has 0 aromatic carbocycles. The monoisotopic (exact) mass is 292 g/mol. The average molecular weight is 292 g/mol. The highest BCUT2D eigenvalue weighted by Crippen LogP contribution is 2.31. The molecular weight excluding hydrogens is 285 g/mol. The highest BCUT2D eigenvalue weighted by molar-refractivity contribution is 7.11. The van der Waals surface area contributed by atoms with Gasteiger partial charge in [0.25, 0.3) is 0 Å². The third kappa shape index (κ3) is 2.72. The van der Waals surface area contributed by atoms with Crippen LogP contribution in [0.25, 0.3) is 0 Å². The summed E-state index contributed by atoms with van der Waals surface area (Å²) in [4.78, 5) is 15.2. The van der Waals surface area contributed by atoms with Crippen LogP contribution in [-0.2, 0) is 12.7 Å². The molecule has 2 aromatic heterocycles. The summed E-state index contributed by atoms with van der Waals surface area (Å²) in [5.41, 5.74) is -2.47. The number of aromatic carboxylic acids is 1. The topological polar surface area (TPSA) is 80.9 Å². The second-order valence-corrected chi connectivity index (χ2v) is 4.91. The lowest BCUT2D eigenvalue weighted by Gasteiger charge is -2.08. The summed E-state index contributed by atoms with van der Waals surface area (Å²) < 4.78 is 39.0. The van der Waals surface area contributed by atoms with Crippen molar-refractivity contribution in [3.05, 3.63) is 27.5 Å². The summed E-state index contributed by atoms with van der Waals surface area (Å²) in [7, 11) is 0. The Morgan fingerprint density at radius 3 is 2.68 bits per heavy atom. The minimum Gasteiger partial charge on any atom is -0.476 e. The first-order valence-corrected chi connectivity index (χ1v) is 5.76. The molecule has 1 N–H and O–H groups in total. The fourth-order valence-electron chi connectivity index (χ4n) is 1.47. The Kier molecular flexibility index (Phi) is 3.27. The summed E-state index contributed by atoms with van der Waals surface area (Å²) in [6.07, 6.45) is -3.42. The third-order valence-electron chi connectivity index (χ3n) is 2.18. The van der Waals surface area contributed by atoms with Crippen molar-refractivity contribution >= 4 is 17.3 Å². The van der Waals surface area contributed by atoms with Gasteiger partial charge in [-0.05, 0) is 6.92 Å². The number of carboxylic acid groups (broad SMARTS) is 1. The summed E-state index contributed by atoms with van der Waals surface area (Å²) in [5.74, 6) is -1.76. The Hall–Kier alpha value is -1.97. The van der Waals surface area contributed by atoms with Gasteiger partial charge in [0, 0.05) is 11.1 Å². The van der Waals surface area contributed by atoms with Crippen molar-refractivity contribution in [1.82, 2.24) is 20.0 Å². The molecule has 0 bridgehead atoms. The number of aromatic nitrogens is 4. The van der Waals surface area contributed by atoms with Crippen LogP contribution in [0.2, 0.25) is 0 Å². The fourth-order valence-corrected chi connectivity index (χ4v) is 2.25. The molecule has 0 unspecified atom stereocenters. The molecule has 0 saturated heterocycles. The van der Waals surface area contributed by atoms with Gasteiger partial charge in [0.05, 0.1) is 11.6 Å². The van der Waals surface area contributed by atoms with E-state index in [4.69, 9.17) is 5.11 Å². The Bertz CT molecular complexity index is 619. The van der Waals surface area contributed by atoms with Crippen LogP contribution in [0.1, 0.15) is 26.1 Å². The molecular formula is C9H7F3N4O2S. The van der Waals surface area contributed by atoms with E-state index in [-0.39, 0.29) is 6.54 Å². The SMILES string of the molecule is Cc1ncc(Cn2nnc(C(=O)O)c2C(F)(F)F)s1. The number of rotatable bonds is 3. The number of alkyl halides is 3. The molecule has 10 heteroatoms. The van der Waals surface area contributed by atoms with Crippen LogP contribution in [-0.4, -0.2) is 31.1 Å². The number of hydrogen-bond acceptors (Lipinski definition) is 5. The lowest BCUT2D eigenvalue weighted by Crippen LogP contribution is -2.18. The van der Waals surface area contributed by atoms with E-state index < -0.39 is 23.5 Å². The molecule has 0 aliphatic rings. The molecule has 0 fully saturated rings. The lowest BCUT2D eigenvalue weighted by atomic mass is 10.3. The Morgan fingerprint density at radius 1 is 1.53 bits per heavy atom. The zero-order valence-electron chi connectivity index (χ0n) is 9.47. The lowest BCUT2D eigenvalue weighted by molar-refractivity contribution is -0.144. The first-order chi connectivity index (χ1) is 8.79. The Morgan fingerprint density at radius 2 is 2.21 bits per heavy atom.